The third kappa shape index (κ3) is 3.57. The van der Waals surface area contributed by atoms with Crippen molar-refractivity contribution in [1.29, 1.82) is 0 Å². The number of H-pyrrole nitrogens is 1. The molecule has 0 saturated heterocycles. The summed E-state index contributed by atoms with van der Waals surface area (Å²) < 4.78 is 8.20. The Morgan fingerprint density at radius 1 is 1.40 bits per heavy atom. The van der Waals surface area contributed by atoms with Crippen molar-refractivity contribution in [3.8, 4) is 5.75 Å². The molecule has 1 aromatic carbocycles. The van der Waals surface area contributed by atoms with Gasteiger partial charge in [0.15, 0.2) is 10.6 Å². The summed E-state index contributed by atoms with van der Waals surface area (Å²) in [5.74, 6) is 1.61. The monoisotopic (exact) mass is 289 g/mol. The van der Waals surface area contributed by atoms with E-state index in [2.05, 4.69) is 35.8 Å². The quantitative estimate of drug-likeness (QED) is 0.625. The molecule has 4 nitrogen and oxygen atoms in total. The van der Waals surface area contributed by atoms with Crippen molar-refractivity contribution in [3.05, 3.63) is 53.1 Å². The van der Waals surface area contributed by atoms with E-state index in [-0.39, 0.29) is 0 Å². The Kier molecular flexibility index (Phi) is 5.12. The Balaban J connectivity index is 2.01. The second-order valence-corrected chi connectivity index (χ2v) is 4.91. The summed E-state index contributed by atoms with van der Waals surface area (Å²) >= 11 is 5.16. The van der Waals surface area contributed by atoms with Crippen LogP contribution in [-0.2, 0) is 19.6 Å². The lowest BCUT2D eigenvalue weighted by atomic mass is 10.1. The third-order valence-corrected chi connectivity index (χ3v) is 3.29. The van der Waals surface area contributed by atoms with Gasteiger partial charge in [-0.2, -0.15) is 5.10 Å². The van der Waals surface area contributed by atoms with Gasteiger partial charge >= 0.3 is 0 Å². The van der Waals surface area contributed by atoms with Crippen LogP contribution in [0.4, 0.5) is 0 Å². The molecule has 2 rings (SSSR count). The molecular formula is C15H19N3OS. The fraction of sp³-hybridized carbons (Fsp3) is 0.333. The van der Waals surface area contributed by atoms with E-state index in [1.54, 1.807) is 6.08 Å². The van der Waals surface area contributed by atoms with Crippen LogP contribution in [0.2, 0.25) is 0 Å². The fourth-order valence-corrected chi connectivity index (χ4v) is 2.19. The lowest BCUT2D eigenvalue weighted by Gasteiger charge is -2.07. The predicted molar refractivity (Wildman–Crippen MR) is 82.4 cm³/mol. The average molecular weight is 289 g/mol. The highest BCUT2D eigenvalue weighted by molar-refractivity contribution is 7.71. The number of aromatic nitrogens is 3. The molecule has 106 valence electrons. The van der Waals surface area contributed by atoms with Gasteiger partial charge in [0.1, 0.15) is 12.4 Å². The van der Waals surface area contributed by atoms with E-state index in [1.807, 2.05) is 16.7 Å². The Morgan fingerprint density at radius 2 is 2.15 bits per heavy atom. The van der Waals surface area contributed by atoms with Gasteiger partial charge < -0.3 is 4.74 Å². The molecule has 1 aromatic heterocycles. The minimum Gasteiger partial charge on any atom is -0.486 e. The lowest BCUT2D eigenvalue weighted by Crippen LogP contribution is -2.06. The van der Waals surface area contributed by atoms with Crippen molar-refractivity contribution in [2.45, 2.75) is 32.9 Å². The number of allylic oxidation sites excluding steroid dienone is 1. The molecule has 5 heteroatoms. The summed E-state index contributed by atoms with van der Waals surface area (Å²) in [5, 5.41) is 6.94. The first-order valence-electron chi connectivity index (χ1n) is 6.71. The zero-order valence-electron chi connectivity index (χ0n) is 11.6. The predicted octanol–water partition coefficient (Wildman–Crippen LogP) is 3.66. The minimum absolute atomic E-state index is 0.383. The van der Waals surface area contributed by atoms with Gasteiger partial charge in [0.2, 0.25) is 0 Å². The van der Waals surface area contributed by atoms with Gasteiger partial charge in [0.05, 0.1) is 0 Å². The van der Waals surface area contributed by atoms with E-state index in [1.165, 1.54) is 5.56 Å². The van der Waals surface area contributed by atoms with Crippen molar-refractivity contribution < 1.29 is 4.74 Å². The van der Waals surface area contributed by atoms with Crippen molar-refractivity contribution in [1.82, 2.24) is 14.8 Å². The zero-order valence-corrected chi connectivity index (χ0v) is 12.4. The maximum Gasteiger partial charge on any atom is 0.195 e. The van der Waals surface area contributed by atoms with Gasteiger partial charge in [-0.3, -0.25) is 9.67 Å². The van der Waals surface area contributed by atoms with Gasteiger partial charge in [0.25, 0.3) is 0 Å². The number of hydrogen-bond donors (Lipinski definition) is 1. The van der Waals surface area contributed by atoms with E-state index in [4.69, 9.17) is 17.0 Å². The number of nitrogens with one attached hydrogen (secondary N) is 1. The first-order valence-corrected chi connectivity index (χ1v) is 7.12. The second-order valence-electron chi connectivity index (χ2n) is 4.53. The van der Waals surface area contributed by atoms with E-state index in [9.17, 15) is 0 Å². The van der Waals surface area contributed by atoms with Crippen LogP contribution in [0, 0.1) is 4.77 Å². The normalized spacial score (nSPS) is 10.4. The molecule has 20 heavy (non-hydrogen) atoms. The molecule has 1 heterocycles. The molecule has 0 fully saturated rings. The van der Waals surface area contributed by atoms with Crippen molar-refractivity contribution in [2.24, 2.45) is 0 Å². The minimum atomic E-state index is 0.383. The standard InChI is InChI=1S/C15H19N3OS/c1-3-5-12-6-8-13(9-7-12)19-11-14-16-17-15(20)18(14)10-4-2/h4,6-9H,2-3,5,10-11H2,1H3,(H,17,20). The van der Waals surface area contributed by atoms with Crippen molar-refractivity contribution >= 4 is 12.2 Å². The largest absolute Gasteiger partial charge is 0.486 e. The average Bonchev–Trinajstić information content (AvgIpc) is 2.80. The molecule has 0 unspecified atom stereocenters. The van der Waals surface area contributed by atoms with Gasteiger partial charge in [-0.25, -0.2) is 0 Å². The summed E-state index contributed by atoms with van der Waals surface area (Å²) in [7, 11) is 0. The van der Waals surface area contributed by atoms with Crippen molar-refractivity contribution in [2.75, 3.05) is 0 Å². The Bertz CT molecular complexity index is 613. The first kappa shape index (κ1) is 14.5. The Hall–Kier alpha value is -1.88. The molecule has 0 radical (unpaired) electrons. The summed E-state index contributed by atoms with van der Waals surface area (Å²) in [6.07, 6.45) is 4.03. The molecule has 0 aliphatic carbocycles. The Morgan fingerprint density at radius 3 is 2.80 bits per heavy atom. The topological polar surface area (TPSA) is 42.8 Å². The number of benzene rings is 1. The Labute approximate surface area is 124 Å². The van der Waals surface area contributed by atoms with Gasteiger partial charge in [-0.15, -0.1) is 6.58 Å². The van der Waals surface area contributed by atoms with Gasteiger partial charge in [-0.05, 0) is 36.3 Å². The van der Waals surface area contributed by atoms with E-state index >= 15 is 0 Å². The van der Waals surface area contributed by atoms with Crippen LogP contribution in [0.25, 0.3) is 0 Å². The number of hydrogen-bond acceptors (Lipinski definition) is 3. The highest BCUT2D eigenvalue weighted by Crippen LogP contribution is 2.14. The van der Waals surface area contributed by atoms with Crippen molar-refractivity contribution in [3.63, 3.8) is 0 Å². The lowest BCUT2D eigenvalue weighted by molar-refractivity contribution is 0.290. The van der Waals surface area contributed by atoms with Gasteiger partial charge in [-0.1, -0.05) is 31.6 Å². The molecule has 0 saturated carbocycles. The molecule has 0 spiro atoms. The molecular weight excluding hydrogens is 270 g/mol. The highest BCUT2D eigenvalue weighted by Gasteiger charge is 2.05. The smallest absolute Gasteiger partial charge is 0.195 e. The first-order chi connectivity index (χ1) is 9.74. The summed E-state index contributed by atoms with van der Waals surface area (Å²) in [4.78, 5) is 0. The van der Waals surface area contributed by atoms with Crippen LogP contribution < -0.4 is 4.74 Å². The van der Waals surface area contributed by atoms with Gasteiger partial charge in [0, 0.05) is 6.54 Å². The highest BCUT2D eigenvalue weighted by atomic mass is 32.1. The molecule has 2 aromatic rings. The van der Waals surface area contributed by atoms with E-state index < -0.39 is 0 Å². The number of rotatable bonds is 7. The summed E-state index contributed by atoms with van der Waals surface area (Å²) in [6.45, 7) is 6.90. The number of aryl methyl sites for hydroxylation is 1. The number of aromatic amines is 1. The van der Waals surface area contributed by atoms with Crippen LogP contribution in [0.15, 0.2) is 36.9 Å². The molecule has 1 N–H and O–H groups in total. The molecule has 0 amide bonds. The van der Waals surface area contributed by atoms with E-state index in [0.717, 1.165) is 24.4 Å². The SMILES string of the molecule is C=CCn1c(COc2ccc(CCC)cc2)n[nH]c1=S. The van der Waals surface area contributed by atoms with Crippen LogP contribution >= 0.6 is 12.2 Å². The molecule has 0 atom stereocenters. The summed E-state index contributed by atoms with van der Waals surface area (Å²) in [6, 6.07) is 8.17. The van der Waals surface area contributed by atoms with E-state index in [0.29, 0.717) is 17.9 Å². The second kappa shape index (κ2) is 7.05. The fourth-order valence-electron chi connectivity index (χ4n) is 1.97. The third-order valence-electron chi connectivity index (χ3n) is 2.98. The van der Waals surface area contributed by atoms with Crippen LogP contribution in [-0.4, -0.2) is 14.8 Å². The molecule has 0 bridgehead atoms. The number of nitrogens with zero attached hydrogens (tertiary/aromatic N) is 2. The molecule has 0 aliphatic heterocycles. The van der Waals surface area contributed by atoms with Crippen LogP contribution in [0.3, 0.4) is 0 Å². The maximum atomic E-state index is 5.74. The molecule has 0 aliphatic rings. The van der Waals surface area contributed by atoms with Crippen LogP contribution in [0.1, 0.15) is 24.7 Å². The number of ether oxygens (including phenoxy) is 1. The zero-order chi connectivity index (χ0) is 14.4. The summed E-state index contributed by atoms with van der Waals surface area (Å²) in [5.41, 5.74) is 1.33. The maximum absolute atomic E-state index is 5.74. The van der Waals surface area contributed by atoms with Crippen LogP contribution in [0.5, 0.6) is 5.75 Å².